The van der Waals surface area contributed by atoms with E-state index in [1.807, 2.05) is 0 Å². The Hall–Kier alpha value is -4.53. The van der Waals surface area contributed by atoms with E-state index in [0.717, 1.165) is 0 Å². The number of hydrogen-bond acceptors (Lipinski definition) is 9. The van der Waals surface area contributed by atoms with E-state index in [1.54, 1.807) is 0 Å². The third kappa shape index (κ3) is 3.47. The first-order valence-electron chi connectivity index (χ1n) is 8.65. The fraction of sp³-hybridized carbons (Fsp3) is 0. The third-order valence-electron chi connectivity index (χ3n) is 4.34. The first kappa shape index (κ1) is 18.8. The van der Waals surface area contributed by atoms with Crippen LogP contribution in [-0.4, -0.2) is 45.6 Å². The largest absolute Gasteiger partial charge is 0.504 e. The van der Waals surface area contributed by atoms with Gasteiger partial charge in [0.1, 0.15) is 0 Å². The topological polar surface area (TPSA) is 160 Å². The van der Waals surface area contributed by atoms with Gasteiger partial charge >= 0.3 is 0 Å². The maximum Gasteiger partial charge on any atom is 0.164 e. The van der Waals surface area contributed by atoms with E-state index in [2.05, 4.69) is 15.0 Å². The van der Waals surface area contributed by atoms with Gasteiger partial charge in [-0.15, -0.1) is 0 Å². The Labute approximate surface area is 169 Å². The Bertz CT molecular complexity index is 1110. The minimum absolute atomic E-state index is 0.144. The molecule has 0 radical (unpaired) electrons. The predicted molar refractivity (Wildman–Crippen MR) is 106 cm³/mol. The van der Waals surface area contributed by atoms with Crippen LogP contribution in [0.3, 0.4) is 0 Å². The Kier molecular flexibility index (Phi) is 4.47. The summed E-state index contributed by atoms with van der Waals surface area (Å²) in [6.45, 7) is 0. The molecule has 0 amide bonds. The smallest absolute Gasteiger partial charge is 0.164 e. The summed E-state index contributed by atoms with van der Waals surface area (Å²) in [6, 6.07) is 12.2. The van der Waals surface area contributed by atoms with Gasteiger partial charge in [0.15, 0.2) is 52.0 Å². The van der Waals surface area contributed by atoms with Crippen LogP contribution in [0.25, 0.3) is 34.2 Å². The Morgan fingerprint density at radius 2 is 0.633 bits per heavy atom. The number of rotatable bonds is 3. The molecule has 3 aromatic carbocycles. The Morgan fingerprint density at radius 1 is 0.367 bits per heavy atom. The van der Waals surface area contributed by atoms with Gasteiger partial charge < -0.3 is 30.6 Å². The molecular formula is C21H15N3O6. The summed E-state index contributed by atoms with van der Waals surface area (Å²) >= 11 is 0. The van der Waals surface area contributed by atoms with Gasteiger partial charge in [-0.25, -0.2) is 15.0 Å². The molecule has 0 aliphatic carbocycles. The maximum atomic E-state index is 9.83. The molecule has 30 heavy (non-hydrogen) atoms. The number of nitrogens with zero attached hydrogens (tertiary/aromatic N) is 3. The number of benzene rings is 3. The highest BCUT2D eigenvalue weighted by Crippen LogP contribution is 2.34. The van der Waals surface area contributed by atoms with Crippen LogP contribution < -0.4 is 0 Å². The molecule has 6 N–H and O–H groups in total. The fourth-order valence-corrected chi connectivity index (χ4v) is 2.75. The summed E-state index contributed by atoms with van der Waals surface area (Å²) in [7, 11) is 0. The van der Waals surface area contributed by atoms with Crippen molar-refractivity contribution >= 4 is 0 Å². The van der Waals surface area contributed by atoms with E-state index < -0.39 is 0 Å². The van der Waals surface area contributed by atoms with E-state index in [-0.39, 0.29) is 52.0 Å². The zero-order valence-corrected chi connectivity index (χ0v) is 15.2. The van der Waals surface area contributed by atoms with Crippen molar-refractivity contribution in [1.29, 1.82) is 0 Å². The molecule has 1 aromatic heterocycles. The first-order chi connectivity index (χ1) is 14.3. The van der Waals surface area contributed by atoms with Gasteiger partial charge in [-0.1, -0.05) is 0 Å². The van der Waals surface area contributed by atoms with Crippen LogP contribution in [0.15, 0.2) is 54.6 Å². The van der Waals surface area contributed by atoms with Crippen LogP contribution >= 0.6 is 0 Å². The van der Waals surface area contributed by atoms with Crippen LogP contribution in [-0.2, 0) is 0 Å². The number of phenols is 6. The van der Waals surface area contributed by atoms with Crippen molar-refractivity contribution in [2.45, 2.75) is 0 Å². The molecule has 1 heterocycles. The van der Waals surface area contributed by atoms with E-state index in [0.29, 0.717) is 16.7 Å². The van der Waals surface area contributed by atoms with Gasteiger partial charge in [-0.3, -0.25) is 0 Å². The lowest BCUT2D eigenvalue weighted by Crippen LogP contribution is -2.00. The van der Waals surface area contributed by atoms with E-state index in [1.165, 1.54) is 54.6 Å². The van der Waals surface area contributed by atoms with Gasteiger partial charge in [0.2, 0.25) is 0 Å². The average Bonchev–Trinajstić information content (AvgIpc) is 2.73. The number of aromatic hydroxyl groups is 6. The quantitative estimate of drug-likeness (QED) is 0.281. The van der Waals surface area contributed by atoms with E-state index in [9.17, 15) is 30.6 Å². The molecular weight excluding hydrogens is 390 g/mol. The van der Waals surface area contributed by atoms with Crippen molar-refractivity contribution in [1.82, 2.24) is 15.0 Å². The Balaban J connectivity index is 1.94. The number of aromatic nitrogens is 3. The van der Waals surface area contributed by atoms with Gasteiger partial charge in [0.25, 0.3) is 0 Å². The van der Waals surface area contributed by atoms with Gasteiger partial charge in [-0.2, -0.15) is 0 Å². The fourth-order valence-electron chi connectivity index (χ4n) is 2.75. The molecule has 9 nitrogen and oxygen atoms in total. The molecule has 4 aromatic rings. The molecule has 0 aliphatic rings. The average molecular weight is 405 g/mol. The van der Waals surface area contributed by atoms with Gasteiger partial charge in [-0.05, 0) is 54.6 Å². The summed E-state index contributed by atoms with van der Waals surface area (Å²) in [4.78, 5) is 13.1. The lowest BCUT2D eigenvalue weighted by molar-refractivity contribution is 0.404. The van der Waals surface area contributed by atoms with E-state index >= 15 is 0 Å². The lowest BCUT2D eigenvalue weighted by Gasteiger charge is -2.10. The number of hydrogen-bond donors (Lipinski definition) is 6. The summed E-state index contributed by atoms with van der Waals surface area (Å²) in [5.41, 5.74) is 1.13. The second-order valence-corrected chi connectivity index (χ2v) is 6.42. The summed E-state index contributed by atoms with van der Waals surface area (Å²) in [6.07, 6.45) is 0. The second-order valence-electron chi connectivity index (χ2n) is 6.42. The second kappa shape index (κ2) is 7.13. The zero-order chi connectivity index (χ0) is 21.4. The van der Waals surface area contributed by atoms with Crippen molar-refractivity contribution in [2.75, 3.05) is 0 Å². The molecule has 0 saturated carbocycles. The SMILES string of the molecule is Oc1ccc(-c2nc(-c3ccc(O)c(O)c3)nc(-c3ccc(O)c(O)c3)n2)cc1O. The zero-order valence-electron chi connectivity index (χ0n) is 15.2. The molecule has 0 atom stereocenters. The highest BCUT2D eigenvalue weighted by atomic mass is 16.3. The van der Waals surface area contributed by atoms with Crippen LogP contribution in [0.1, 0.15) is 0 Å². The van der Waals surface area contributed by atoms with Crippen LogP contribution in [0.5, 0.6) is 34.5 Å². The molecule has 0 spiro atoms. The van der Waals surface area contributed by atoms with Gasteiger partial charge in [0, 0.05) is 16.7 Å². The van der Waals surface area contributed by atoms with Gasteiger partial charge in [0.05, 0.1) is 0 Å². The van der Waals surface area contributed by atoms with Crippen molar-refractivity contribution in [3.05, 3.63) is 54.6 Å². The van der Waals surface area contributed by atoms with E-state index in [4.69, 9.17) is 0 Å². The lowest BCUT2D eigenvalue weighted by atomic mass is 10.1. The Morgan fingerprint density at radius 3 is 0.867 bits per heavy atom. The molecule has 0 aliphatic heterocycles. The molecule has 0 bridgehead atoms. The highest BCUT2D eigenvalue weighted by molar-refractivity contribution is 5.70. The monoisotopic (exact) mass is 405 g/mol. The summed E-state index contributed by atoms with van der Waals surface area (Å²) < 4.78 is 0. The molecule has 0 saturated heterocycles. The maximum absolute atomic E-state index is 9.83. The number of phenolic OH excluding ortho intramolecular Hbond substituents is 6. The molecule has 0 unspecified atom stereocenters. The minimum Gasteiger partial charge on any atom is -0.504 e. The predicted octanol–water partition coefficient (Wildman–Crippen LogP) is 3.11. The molecule has 150 valence electrons. The van der Waals surface area contributed by atoms with Crippen molar-refractivity contribution < 1.29 is 30.6 Å². The van der Waals surface area contributed by atoms with Crippen molar-refractivity contribution in [3.8, 4) is 68.7 Å². The minimum atomic E-state index is -0.361. The standard InChI is InChI=1S/C21H15N3O6/c25-13-4-1-10(7-16(13)28)19-22-20(11-2-5-14(26)17(29)8-11)24-21(23-19)12-3-6-15(27)18(30)9-12/h1-9,25-30H. The van der Waals surface area contributed by atoms with Crippen molar-refractivity contribution in [2.24, 2.45) is 0 Å². The summed E-state index contributed by atoms with van der Waals surface area (Å²) in [5, 5.41) is 58.2. The van der Waals surface area contributed by atoms with Crippen LogP contribution in [0.4, 0.5) is 0 Å². The van der Waals surface area contributed by atoms with Crippen LogP contribution in [0, 0.1) is 0 Å². The normalized spacial score (nSPS) is 10.8. The molecule has 9 heteroatoms. The molecule has 0 fully saturated rings. The van der Waals surface area contributed by atoms with Crippen LogP contribution in [0.2, 0.25) is 0 Å². The highest BCUT2D eigenvalue weighted by Gasteiger charge is 2.15. The third-order valence-corrected chi connectivity index (χ3v) is 4.34. The molecule has 4 rings (SSSR count). The first-order valence-corrected chi connectivity index (χ1v) is 8.65. The summed E-state index contributed by atoms with van der Waals surface area (Å²) in [5.74, 6) is -1.57. The van der Waals surface area contributed by atoms with Crippen molar-refractivity contribution in [3.63, 3.8) is 0 Å².